The molecule has 0 atom stereocenters. The molecule has 0 radical (unpaired) electrons. The first-order chi connectivity index (χ1) is 15.1. The minimum atomic E-state index is -4.45. The van der Waals surface area contributed by atoms with Gasteiger partial charge in [-0.05, 0) is 41.0 Å². The maximum atomic E-state index is 13.3. The molecule has 2 aromatic carbocycles. The van der Waals surface area contributed by atoms with E-state index in [1.165, 1.54) is 13.0 Å². The van der Waals surface area contributed by atoms with Crippen LogP contribution in [-0.4, -0.2) is 41.2 Å². The molecule has 0 unspecified atom stereocenters. The number of hydrogen-bond donors (Lipinski definition) is 1. The lowest BCUT2D eigenvalue weighted by molar-refractivity contribution is -0.137. The maximum absolute atomic E-state index is 13.3. The average Bonchev–Trinajstić information content (AvgIpc) is 2.75. The fourth-order valence-electron chi connectivity index (χ4n) is 3.60. The number of alkyl halides is 3. The number of rotatable bonds is 5. The summed E-state index contributed by atoms with van der Waals surface area (Å²) in [5, 5.41) is 10.2. The van der Waals surface area contributed by atoms with E-state index in [0.29, 0.717) is 54.9 Å². The quantitative estimate of drug-likeness (QED) is 0.419. The highest BCUT2D eigenvalue weighted by molar-refractivity contribution is 5.80. The van der Waals surface area contributed by atoms with E-state index in [2.05, 4.69) is 10.8 Å². The van der Waals surface area contributed by atoms with Gasteiger partial charge in [-0.25, -0.2) is 0 Å². The molecule has 1 fully saturated rings. The molecular formula is C25H24F3NO3. The van der Waals surface area contributed by atoms with E-state index >= 15 is 0 Å². The van der Waals surface area contributed by atoms with Gasteiger partial charge in [0.25, 0.3) is 0 Å². The molecule has 3 rings (SSSR count). The van der Waals surface area contributed by atoms with Crippen LogP contribution in [-0.2, 0) is 11.0 Å². The van der Waals surface area contributed by atoms with Crippen molar-refractivity contribution in [3.63, 3.8) is 0 Å². The number of hydrogen-bond acceptors (Lipinski definition) is 4. The Morgan fingerprint density at radius 3 is 2.41 bits per heavy atom. The van der Waals surface area contributed by atoms with Gasteiger partial charge in [0.1, 0.15) is 11.4 Å². The van der Waals surface area contributed by atoms with Crippen LogP contribution in [0.4, 0.5) is 13.2 Å². The topological polar surface area (TPSA) is 49.8 Å². The number of nitrogens with zero attached hydrogens (tertiary/aromatic N) is 1. The molecule has 4 nitrogen and oxygen atoms in total. The van der Waals surface area contributed by atoms with Gasteiger partial charge in [0.2, 0.25) is 0 Å². The van der Waals surface area contributed by atoms with Gasteiger partial charge in [-0.2, -0.15) is 13.2 Å². The van der Waals surface area contributed by atoms with Crippen LogP contribution in [0, 0.1) is 12.3 Å². The third-order valence-corrected chi connectivity index (χ3v) is 5.43. The standard InChI is InChI=1S/C25H24F3NO3/c1-3-24(31)12-15-29(16-13-24)14-11-23(19-7-9-22(10-8-19)32-18(2)30)20-5-4-6-21(17-20)25(26,27)28/h1,4-11,17,31H,12-16H2,2H3. The van der Waals surface area contributed by atoms with E-state index in [4.69, 9.17) is 11.2 Å². The molecule has 0 aromatic heterocycles. The summed E-state index contributed by atoms with van der Waals surface area (Å²) in [6.45, 7) is 2.94. The third kappa shape index (κ3) is 6.00. The van der Waals surface area contributed by atoms with Crippen LogP contribution in [0.3, 0.4) is 0 Å². The summed E-state index contributed by atoms with van der Waals surface area (Å²) in [6.07, 6.45) is 3.69. The van der Waals surface area contributed by atoms with Crippen molar-refractivity contribution in [3.05, 3.63) is 71.3 Å². The van der Waals surface area contributed by atoms with Gasteiger partial charge in [-0.3, -0.25) is 9.69 Å². The predicted molar refractivity (Wildman–Crippen MR) is 116 cm³/mol. The number of benzene rings is 2. The van der Waals surface area contributed by atoms with Crippen molar-refractivity contribution in [2.75, 3.05) is 19.6 Å². The third-order valence-electron chi connectivity index (χ3n) is 5.43. The number of piperidine rings is 1. The van der Waals surface area contributed by atoms with Crippen LogP contribution in [0.1, 0.15) is 36.5 Å². The second kappa shape index (κ2) is 9.60. The first-order valence-corrected chi connectivity index (χ1v) is 10.2. The molecule has 168 valence electrons. The smallest absolute Gasteiger partial charge is 0.416 e. The molecular weight excluding hydrogens is 419 g/mol. The number of esters is 1. The predicted octanol–water partition coefficient (Wildman–Crippen LogP) is 4.52. The largest absolute Gasteiger partial charge is 0.427 e. The summed E-state index contributed by atoms with van der Waals surface area (Å²) in [6, 6.07) is 11.8. The Morgan fingerprint density at radius 1 is 1.19 bits per heavy atom. The number of terminal acetylenes is 1. The second-order valence-electron chi connectivity index (χ2n) is 7.79. The second-order valence-corrected chi connectivity index (χ2v) is 7.79. The zero-order chi connectivity index (χ0) is 23.4. The molecule has 0 spiro atoms. The summed E-state index contributed by atoms with van der Waals surface area (Å²) in [5.74, 6) is 2.33. The highest BCUT2D eigenvalue weighted by Gasteiger charge is 2.31. The van der Waals surface area contributed by atoms with Gasteiger partial charge in [0, 0.05) is 39.4 Å². The van der Waals surface area contributed by atoms with Crippen molar-refractivity contribution in [2.24, 2.45) is 0 Å². The molecule has 1 aliphatic rings. The Hall–Kier alpha value is -3.08. The van der Waals surface area contributed by atoms with Crippen molar-refractivity contribution in [3.8, 4) is 18.1 Å². The zero-order valence-corrected chi connectivity index (χ0v) is 17.7. The normalized spacial score (nSPS) is 16.9. The van der Waals surface area contributed by atoms with Crippen LogP contribution in [0.15, 0.2) is 54.6 Å². The molecule has 0 bridgehead atoms. The summed E-state index contributed by atoms with van der Waals surface area (Å²) in [7, 11) is 0. The van der Waals surface area contributed by atoms with Crippen LogP contribution in [0.5, 0.6) is 5.75 Å². The summed E-state index contributed by atoms with van der Waals surface area (Å²) in [5.41, 5.74) is -0.0799. The van der Waals surface area contributed by atoms with Gasteiger partial charge < -0.3 is 9.84 Å². The Morgan fingerprint density at radius 2 is 1.84 bits per heavy atom. The number of aliphatic hydroxyl groups is 1. The van der Waals surface area contributed by atoms with Crippen LogP contribution >= 0.6 is 0 Å². The van der Waals surface area contributed by atoms with E-state index < -0.39 is 23.3 Å². The van der Waals surface area contributed by atoms with Gasteiger partial charge in [-0.1, -0.05) is 36.3 Å². The summed E-state index contributed by atoms with van der Waals surface area (Å²) < 4.78 is 44.9. The Bertz CT molecular complexity index is 1030. The van der Waals surface area contributed by atoms with Gasteiger partial charge >= 0.3 is 12.1 Å². The first-order valence-electron chi connectivity index (χ1n) is 10.2. The minimum absolute atomic E-state index is 0.356. The van der Waals surface area contributed by atoms with Gasteiger partial charge in [-0.15, -0.1) is 6.42 Å². The van der Waals surface area contributed by atoms with Crippen molar-refractivity contribution in [2.45, 2.75) is 31.5 Å². The van der Waals surface area contributed by atoms with Crippen molar-refractivity contribution < 1.29 is 27.8 Å². The van der Waals surface area contributed by atoms with Crippen molar-refractivity contribution in [1.82, 2.24) is 4.90 Å². The lowest BCUT2D eigenvalue weighted by Gasteiger charge is -2.34. The highest BCUT2D eigenvalue weighted by atomic mass is 19.4. The number of halogens is 3. The maximum Gasteiger partial charge on any atom is 0.416 e. The van der Waals surface area contributed by atoms with E-state index in [0.717, 1.165) is 12.1 Å². The average molecular weight is 443 g/mol. The number of carbonyl (C=O) groups excluding carboxylic acids is 1. The van der Waals surface area contributed by atoms with E-state index in [1.807, 2.05) is 6.08 Å². The Kier molecular flexibility index (Phi) is 7.07. The summed E-state index contributed by atoms with van der Waals surface area (Å²) >= 11 is 0. The fourth-order valence-corrected chi connectivity index (χ4v) is 3.60. The molecule has 0 aliphatic carbocycles. The Labute approximate surface area is 185 Å². The van der Waals surface area contributed by atoms with E-state index in [1.54, 1.807) is 30.3 Å². The molecule has 1 N–H and O–H groups in total. The molecule has 2 aromatic rings. The van der Waals surface area contributed by atoms with Crippen molar-refractivity contribution >= 4 is 11.5 Å². The van der Waals surface area contributed by atoms with Crippen LogP contribution < -0.4 is 4.74 Å². The zero-order valence-electron chi connectivity index (χ0n) is 17.7. The highest BCUT2D eigenvalue weighted by Crippen LogP contribution is 2.33. The fraction of sp³-hybridized carbons (Fsp3) is 0.320. The number of ether oxygens (including phenoxy) is 1. The lowest BCUT2D eigenvalue weighted by atomic mass is 9.92. The Balaban J connectivity index is 1.91. The summed E-state index contributed by atoms with van der Waals surface area (Å²) in [4.78, 5) is 13.2. The van der Waals surface area contributed by atoms with Crippen LogP contribution in [0.25, 0.3) is 5.57 Å². The SMILES string of the molecule is C#CC1(O)CCN(CC=C(c2ccc(OC(C)=O)cc2)c2cccc(C(F)(F)F)c2)CC1. The molecule has 0 saturated carbocycles. The first kappa shape index (κ1) is 23.6. The number of likely N-dealkylation sites (tertiary alicyclic amines) is 1. The number of carbonyl (C=O) groups is 1. The molecule has 1 aliphatic heterocycles. The molecule has 1 heterocycles. The molecule has 0 amide bonds. The molecule has 32 heavy (non-hydrogen) atoms. The lowest BCUT2D eigenvalue weighted by Crippen LogP contribution is -2.43. The minimum Gasteiger partial charge on any atom is -0.427 e. The van der Waals surface area contributed by atoms with Crippen molar-refractivity contribution in [1.29, 1.82) is 0 Å². The van der Waals surface area contributed by atoms with Crippen LogP contribution in [0.2, 0.25) is 0 Å². The van der Waals surface area contributed by atoms with Gasteiger partial charge in [0.15, 0.2) is 0 Å². The molecule has 7 heteroatoms. The molecule has 1 saturated heterocycles. The van der Waals surface area contributed by atoms with E-state index in [9.17, 15) is 23.1 Å². The monoisotopic (exact) mass is 443 g/mol. The van der Waals surface area contributed by atoms with E-state index in [-0.39, 0.29) is 0 Å². The van der Waals surface area contributed by atoms with Gasteiger partial charge in [0.05, 0.1) is 5.56 Å².